The summed E-state index contributed by atoms with van der Waals surface area (Å²) in [4.78, 5) is 19.9. The number of fused-ring (bicyclic) bond motifs is 3. The molecule has 7 nitrogen and oxygen atoms in total. The van der Waals surface area contributed by atoms with Gasteiger partial charge in [-0.3, -0.25) is 4.79 Å². The van der Waals surface area contributed by atoms with E-state index in [9.17, 15) is 13.2 Å². The van der Waals surface area contributed by atoms with E-state index in [1.807, 2.05) is 25.3 Å². The Balaban J connectivity index is 1.51. The van der Waals surface area contributed by atoms with Crippen LogP contribution in [0.4, 0.5) is 5.82 Å². The van der Waals surface area contributed by atoms with Crippen molar-refractivity contribution in [1.29, 1.82) is 0 Å². The second kappa shape index (κ2) is 6.95. The fraction of sp³-hybridized carbons (Fsp3) is 0.524. The van der Waals surface area contributed by atoms with Crippen molar-refractivity contribution < 1.29 is 13.2 Å². The standard InChI is InChI=1S/C21H26N4O3S/c1-2-9-29(27,28)25-15-5-6-16(25)11-14(10-15)18-12-19(24-21(26)13-3-4-13)23-20-17(18)7-8-22-20/h7-8,10,12-13,15-16H,2-6,9,11H2,1H3,(H2,22,23,24,26). The molecule has 0 aromatic carbocycles. The van der Waals surface area contributed by atoms with E-state index >= 15 is 0 Å². The molecule has 2 unspecified atom stereocenters. The molecule has 1 saturated carbocycles. The van der Waals surface area contributed by atoms with Gasteiger partial charge in [-0.1, -0.05) is 13.0 Å². The van der Waals surface area contributed by atoms with Gasteiger partial charge in [0.25, 0.3) is 0 Å². The fourth-order valence-electron chi connectivity index (χ4n) is 4.73. The minimum absolute atomic E-state index is 0.0169. The number of H-pyrrole nitrogens is 1. The number of hydrogen-bond acceptors (Lipinski definition) is 4. The van der Waals surface area contributed by atoms with Gasteiger partial charge in [0, 0.05) is 29.6 Å². The summed E-state index contributed by atoms with van der Waals surface area (Å²) in [6, 6.07) is 3.88. The maximum Gasteiger partial charge on any atom is 0.228 e. The summed E-state index contributed by atoms with van der Waals surface area (Å²) in [5.74, 6) is 0.907. The molecule has 29 heavy (non-hydrogen) atoms. The Kier molecular flexibility index (Phi) is 4.51. The zero-order valence-electron chi connectivity index (χ0n) is 16.5. The second-order valence-corrected chi connectivity index (χ2v) is 10.4. The van der Waals surface area contributed by atoms with Crippen molar-refractivity contribution in [2.45, 2.75) is 57.5 Å². The van der Waals surface area contributed by atoms with Crippen LogP contribution in [0.5, 0.6) is 0 Å². The zero-order chi connectivity index (χ0) is 20.2. The van der Waals surface area contributed by atoms with Crippen LogP contribution in [-0.4, -0.2) is 46.4 Å². The van der Waals surface area contributed by atoms with E-state index in [0.717, 1.165) is 47.9 Å². The van der Waals surface area contributed by atoms with E-state index in [2.05, 4.69) is 21.4 Å². The van der Waals surface area contributed by atoms with Crippen LogP contribution in [0, 0.1) is 5.92 Å². The van der Waals surface area contributed by atoms with Gasteiger partial charge in [-0.05, 0) is 61.8 Å². The van der Waals surface area contributed by atoms with Crippen molar-refractivity contribution in [3.8, 4) is 0 Å². The first kappa shape index (κ1) is 18.8. The van der Waals surface area contributed by atoms with E-state index < -0.39 is 10.0 Å². The van der Waals surface area contributed by atoms with E-state index in [1.54, 1.807) is 4.31 Å². The third-order valence-corrected chi connectivity index (χ3v) is 8.32. The predicted octanol–water partition coefficient (Wildman–Crippen LogP) is 3.27. The normalized spacial score (nSPS) is 24.7. The van der Waals surface area contributed by atoms with Crippen molar-refractivity contribution in [2.24, 2.45) is 5.92 Å². The van der Waals surface area contributed by atoms with Gasteiger partial charge in [-0.15, -0.1) is 0 Å². The van der Waals surface area contributed by atoms with Crippen molar-refractivity contribution in [1.82, 2.24) is 14.3 Å². The number of amides is 1. The molecule has 4 heterocycles. The summed E-state index contributed by atoms with van der Waals surface area (Å²) < 4.78 is 27.2. The van der Waals surface area contributed by atoms with Crippen LogP contribution in [0.3, 0.4) is 0 Å². The van der Waals surface area contributed by atoms with Crippen LogP contribution in [-0.2, 0) is 14.8 Å². The number of carbonyl (C=O) groups excluding carboxylic acids is 1. The molecule has 2 fully saturated rings. The molecule has 1 aliphatic carbocycles. The maximum absolute atomic E-state index is 12.7. The molecule has 8 heteroatoms. The van der Waals surface area contributed by atoms with Crippen LogP contribution >= 0.6 is 0 Å². The third-order valence-electron chi connectivity index (χ3n) is 6.19. The number of carbonyl (C=O) groups is 1. The average Bonchev–Trinajstić information content (AvgIpc) is 3.36. The summed E-state index contributed by atoms with van der Waals surface area (Å²) in [6.07, 6.45) is 8.94. The minimum Gasteiger partial charge on any atom is -0.346 e. The maximum atomic E-state index is 12.7. The topological polar surface area (TPSA) is 95.2 Å². The minimum atomic E-state index is -3.22. The Morgan fingerprint density at radius 3 is 2.86 bits per heavy atom. The molecule has 2 aromatic rings. The molecule has 2 N–H and O–H groups in total. The van der Waals surface area contributed by atoms with Crippen molar-refractivity contribution in [3.63, 3.8) is 0 Å². The molecule has 0 spiro atoms. The van der Waals surface area contributed by atoms with E-state index in [-0.39, 0.29) is 29.7 Å². The van der Waals surface area contributed by atoms with Crippen molar-refractivity contribution in [2.75, 3.05) is 11.1 Å². The van der Waals surface area contributed by atoms with E-state index in [4.69, 9.17) is 0 Å². The smallest absolute Gasteiger partial charge is 0.228 e. The third kappa shape index (κ3) is 3.38. The Hall–Kier alpha value is -2.19. The Bertz CT molecular complexity index is 1100. The summed E-state index contributed by atoms with van der Waals surface area (Å²) in [5, 5.41) is 3.95. The van der Waals surface area contributed by atoms with Crippen LogP contribution < -0.4 is 5.32 Å². The fourth-order valence-corrected chi connectivity index (χ4v) is 6.67. The van der Waals surface area contributed by atoms with Crippen LogP contribution in [0.1, 0.15) is 51.0 Å². The average molecular weight is 415 g/mol. The molecule has 5 rings (SSSR count). The number of aromatic amines is 1. The number of sulfonamides is 1. The zero-order valence-corrected chi connectivity index (χ0v) is 17.3. The first-order chi connectivity index (χ1) is 14.0. The molecule has 154 valence electrons. The summed E-state index contributed by atoms with van der Waals surface area (Å²) in [6.45, 7) is 1.90. The quantitative estimate of drug-likeness (QED) is 0.758. The Labute approximate surface area is 170 Å². The van der Waals surface area contributed by atoms with Gasteiger partial charge >= 0.3 is 0 Å². The lowest BCUT2D eigenvalue weighted by Gasteiger charge is -2.33. The molecule has 2 aromatic heterocycles. The number of rotatable bonds is 6. The molecule has 2 aliphatic heterocycles. The van der Waals surface area contributed by atoms with Crippen molar-refractivity contribution >= 4 is 38.4 Å². The molecule has 0 radical (unpaired) electrons. The van der Waals surface area contributed by atoms with Gasteiger partial charge < -0.3 is 10.3 Å². The number of aromatic nitrogens is 2. The summed E-state index contributed by atoms with van der Waals surface area (Å²) in [5.41, 5.74) is 2.92. The SMILES string of the molecule is CCCS(=O)(=O)N1C2C=C(c3cc(NC(=O)C4CC4)nc4[nH]ccc34)CC1CC2. The molecular formula is C21H26N4O3S. The molecular weight excluding hydrogens is 388 g/mol. The van der Waals surface area contributed by atoms with Crippen LogP contribution in [0.2, 0.25) is 0 Å². The van der Waals surface area contributed by atoms with E-state index in [0.29, 0.717) is 18.7 Å². The van der Waals surface area contributed by atoms with Gasteiger partial charge in [-0.2, -0.15) is 4.31 Å². The van der Waals surface area contributed by atoms with Gasteiger partial charge in [0.1, 0.15) is 11.5 Å². The Morgan fingerprint density at radius 2 is 2.14 bits per heavy atom. The summed E-state index contributed by atoms with van der Waals surface area (Å²) in [7, 11) is -3.22. The van der Waals surface area contributed by atoms with Gasteiger partial charge in [-0.25, -0.2) is 13.4 Å². The number of nitrogens with zero attached hydrogens (tertiary/aromatic N) is 2. The van der Waals surface area contributed by atoms with Gasteiger partial charge in [0.15, 0.2) is 0 Å². The van der Waals surface area contributed by atoms with Crippen LogP contribution in [0.25, 0.3) is 16.6 Å². The number of nitrogens with one attached hydrogen (secondary N) is 2. The predicted molar refractivity (Wildman–Crippen MR) is 113 cm³/mol. The first-order valence-electron chi connectivity index (χ1n) is 10.5. The highest BCUT2D eigenvalue weighted by Gasteiger charge is 2.43. The molecule has 1 saturated heterocycles. The lowest BCUT2D eigenvalue weighted by Crippen LogP contribution is -2.43. The molecule has 2 atom stereocenters. The van der Waals surface area contributed by atoms with Crippen molar-refractivity contribution in [3.05, 3.63) is 30.0 Å². The largest absolute Gasteiger partial charge is 0.346 e. The number of anilines is 1. The highest BCUT2D eigenvalue weighted by atomic mass is 32.2. The summed E-state index contributed by atoms with van der Waals surface area (Å²) >= 11 is 0. The highest BCUT2D eigenvalue weighted by Crippen LogP contribution is 2.42. The highest BCUT2D eigenvalue weighted by molar-refractivity contribution is 7.89. The first-order valence-corrected chi connectivity index (χ1v) is 12.1. The molecule has 1 amide bonds. The number of pyridine rings is 1. The lowest BCUT2D eigenvalue weighted by molar-refractivity contribution is -0.117. The van der Waals surface area contributed by atoms with E-state index in [1.165, 1.54) is 0 Å². The van der Waals surface area contributed by atoms with Gasteiger partial charge in [0.2, 0.25) is 15.9 Å². The Morgan fingerprint density at radius 1 is 1.31 bits per heavy atom. The monoisotopic (exact) mass is 414 g/mol. The molecule has 2 bridgehead atoms. The second-order valence-electron chi connectivity index (χ2n) is 8.40. The van der Waals surface area contributed by atoms with Gasteiger partial charge in [0.05, 0.1) is 5.75 Å². The lowest BCUT2D eigenvalue weighted by atomic mass is 9.94. The molecule has 3 aliphatic rings. The van der Waals surface area contributed by atoms with Crippen LogP contribution in [0.15, 0.2) is 24.4 Å². The number of hydrogen-bond donors (Lipinski definition) is 2.